The molecule has 1 saturated heterocycles. The molecule has 2 heterocycles. The minimum absolute atomic E-state index is 0.0193. The Hall–Kier alpha value is -2.40. The Morgan fingerprint density at radius 3 is 2.71 bits per heavy atom. The molecule has 2 aromatic rings. The van der Waals surface area contributed by atoms with Crippen molar-refractivity contribution in [1.29, 1.82) is 0 Å². The molecule has 0 radical (unpaired) electrons. The SMILES string of the molecule is O=C1c2ccccc2N[C@@H](c2ccc(F)cc2)N1C[C@H]1CCCO1. The maximum Gasteiger partial charge on any atom is 0.257 e. The summed E-state index contributed by atoms with van der Waals surface area (Å²) < 4.78 is 19.0. The van der Waals surface area contributed by atoms with E-state index in [0.717, 1.165) is 30.7 Å². The van der Waals surface area contributed by atoms with Gasteiger partial charge in [0.15, 0.2) is 0 Å². The molecule has 4 nitrogen and oxygen atoms in total. The number of hydrogen-bond donors (Lipinski definition) is 1. The van der Waals surface area contributed by atoms with Crippen molar-refractivity contribution < 1.29 is 13.9 Å². The Balaban J connectivity index is 1.70. The lowest BCUT2D eigenvalue weighted by Crippen LogP contribution is -2.46. The summed E-state index contributed by atoms with van der Waals surface area (Å²) in [4.78, 5) is 14.8. The van der Waals surface area contributed by atoms with E-state index in [2.05, 4.69) is 5.32 Å². The first-order valence-corrected chi connectivity index (χ1v) is 8.26. The lowest BCUT2D eigenvalue weighted by atomic mass is 10.0. The molecule has 124 valence electrons. The monoisotopic (exact) mass is 326 g/mol. The second kappa shape index (κ2) is 6.24. The van der Waals surface area contributed by atoms with E-state index in [9.17, 15) is 9.18 Å². The average Bonchev–Trinajstić information content (AvgIpc) is 3.11. The van der Waals surface area contributed by atoms with Crippen LogP contribution in [0.2, 0.25) is 0 Å². The molecule has 2 aliphatic heterocycles. The van der Waals surface area contributed by atoms with Crippen LogP contribution in [-0.2, 0) is 4.74 Å². The standard InChI is InChI=1S/C19H19FN2O2/c20-14-9-7-13(8-10-14)18-21-17-6-2-1-5-16(17)19(23)22(18)12-15-4-3-11-24-15/h1-2,5-10,15,18,21H,3-4,11-12H2/t15-,18-/m1/s1. The van der Waals surface area contributed by atoms with Gasteiger partial charge in [-0.1, -0.05) is 24.3 Å². The zero-order chi connectivity index (χ0) is 16.5. The van der Waals surface area contributed by atoms with Crippen molar-refractivity contribution in [1.82, 2.24) is 4.90 Å². The van der Waals surface area contributed by atoms with Crippen LogP contribution in [0.25, 0.3) is 0 Å². The summed E-state index contributed by atoms with van der Waals surface area (Å²) in [5.41, 5.74) is 2.33. The molecule has 0 saturated carbocycles. The van der Waals surface area contributed by atoms with Gasteiger partial charge in [0.2, 0.25) is 0 Å². The number of hydrogen-bond acceptors (Lipinski definition) is 3. The molecule has 2 atom stereocenters. The number of rotatable bonds is 3. The number of benzene rings is 2. The summed E-state index contributed by atoms with van der Waals surface area (Å²) in [7, 11) is 0. The van der Waals surface area contributed by atoms with Gasteiger partial charge in [-0.2, -0.15) is 0 Å². The number of nitrogens with one attached hydrogen (secondary N) is 1. The van der Waals surface area contributed by atoms with Crippen molar-refractivity contribution in [3.8, 4) is 0 Å². The van der Waals surface area contributed by atoms with Crippen molar-refractivity contribution in [3.63, 3.8) is 0 Å². The van der Waals surface area contributed by atoms with E-state index in [1.165, 1.54) is 12.1 Å². The average molecular weight is 326 g/mol. The second-order valence-electron chi connectivity index (χ2n) is 6.24. The summed E-state index contributed by atoms with van der Waals surface area (Å²) in [6, 6.07) is 13.8. The van der Waals surface area contributed by atoms with Gasteiger partial charge in [-0.05, 0) is 42.7 Å². The van der Waals surface area contributed by atoms with Crippen LogP contribution in [0.1, 0.15) is 34.9 Å². The topological polar surface area (TPSA) is 41.6 Å². The fourth-order valence-corrected chi connectivity index (χ4v) is 3.40. The Labute approximate surface area is 140 Å². The molecule has 0 unspecified atom stereocenters. The highest BCUT2D eigenvalue weighted by Crippen LogP contribution is 2.34. The minimum atomic E-state index is -0.322. The number of halogens is 1. The predicted octanol–water partition coefficient (Wildman–Crippen LogP) is 3.57. The molecule has 0 aromatic heterocycles. The quantitative estimate of drug-likeness (QED) is 0.937. The van der Waals surface area contributed by atoms with Crippen molar-refractivity contribution >= 4 is 11.6 Å². The minimum Gasteiger partial charge on any atom is -0.376 e. The van der Waals surface area contributed by atoms with E-state index >= 15 is 0 Å². The summed E-state index contributed by atoms with van der Waals surface area (Å²) in [5.74, 6) is -0.305. The van der Waals surface area contributed by atoms with E-state index in [4.69, 9.17) is 4.74 Å². The van der Waals surface area contributed by atoms with Crippen LogP contribution in [-0.4, -0.2) is 30.1 Å². The third-order valence-electron chi connectivity index (χ3n) is 4.63. The number of carbonyl (C=O) groups excluding carboxylic acids is 1. The van der Waals surface area contributed by atoms with Crippen LogP contribution < -0.4 is 5.32 Å². The largest absolute Gasteiger partial charge is 0.376 e. The molecule has 24 heavy (non-hydrogen) atoms. The van der Waals surface area contributed by atoms with E-state index in [1.807, 2.05) is 24.3 Å². The Kier molecular flexibility index (Phi) is 3.94. The predicted molar refractivity (Wildman–Crippen MR) is 89.2 cm³/mol. The Bertz CT molecular complexity index is 741. The first-order chi connectivity index (χ1) is 11.7. The Morgan fingerprint density at radius 2 is 1.96 bits per heavy atom. The number of para-hydroxylation sites is 1. The lowest BCUT2D eigenvalue weighted by Gasteiger charge is -2.39. The summed E-state index contributed by atoms with van der Waals surface area (Å²) >= 11 is 0. The van der Waals surface area contributed by atoms with E-state index in [1.54, 1.807) is 17.0 Å². The number of nitrogens with zero attached hydrogens (tertiary/aromatic N) is 1. The fourth-order valence-electron chi connectivity index (χ4n) is 3.40. The number of ether oxygens (including phenoxy) is 1. The van der Waals surface area contributed by atoms with Crippen LogP contribution in [0.15, 0.2) is 48.5 Å². The molecule has 4 rings (SSSR count). The summed E-state index contributed by atoms with van der Waals surface area (Å²) in [5, 5.41) is 3.41. The van der Waals surface area contributed by atoms with Gasteiger partial charge in [-0.3, -0.25) is 4.79 Å². The van der Waals surface area contributed by atoms with Crippen LogP contribution in [0.5, 0.6) is 0 Å². The molecule has 5 heteroatoms. The smallest absolute Gasteiger partial charge is 0.257 e. The van der Waals surface area contributed by atoms with Gasteiger partial charge in [0.1, 0.15) is 12.0 Å². The number of fused-ring (bicyclic) bond motifs is 1. The zero-order valence-corrected chi connectivity index (χ0v) is 13.2. The second-order valence-corrected chi connectivity index (χ2v) is 6.24. The third kappa shape index (κ3) is 2.76. The van der Waals surface area contributed by atoms with Gasteiger partial charge in [-0.25, -0.2) is 4.39 Å². The van der Waals surface area contributed by atoms with Gasteiger partial charge in [0, 0.05) is 18.8 Å². The highest BCUT2D eigenvalue weighted by Gasteiger charge is 2.35. The third-order valence-corrected chi connectivity index (χ3v) is 4.63. The fraction of sp³-hybridized carbons (Fsp3) is 0.316. The summed E-state index contributed by atoms with van der Waals surface area (Å²) in [6.07, 6.45) is 1.72. The van der Waals surface area contributed by atoms with Crippen molar-refractivity contribution in [3.05, 3.63) is 65.5 Å². The molecular weight excluding hydrogens is 307 g/mol. The van der Waals surface area contributed by atoms with Crippen LogP contribution in [0.3, 0.4) is 0 Å². The van der Waals surface area contributed by atoms with Gasteiger partial charge >= 0.3 is 0 Å². The maximum absolute atomic E-state index is 13.3. The number of anilines is 1. The molecule has 1 fully saturated rings. The van der Waals surface area contributed by atoms with Crippen molar-refractivity contribution in [2.45, 2.75) is 25.1 Å². The zero-order valence-electron chi connectivity index (χ0n) is 13.2. The van der Waals surface area contributed by atoms with Crippen LogP contribution in [0, 0.1) is 5.82 Å². The highest BCUT2D eigenvalue weighted by molar-refractivity contribution is 6.01. The van der Waals surface area contributed by atoms with Crippen molar-refractivity contribution in [2.24, 2.45) is 0 Å². The van der Waals surface area contributed by atoms with E-state index < -0.39 is 0 Å². The van der Waals surface area contributed by atoms with Crippen LogP contribution >= 0.6 is 0 Å². The first kappa shape index (κ1) is 15.1. The van der Waals surface area contributed by atoms with Gasteiger partial charge < -0.3 is 15.0 Å². The molecule has 0 bridgehead atoms. The van der Waals surface area contributed by atoms with Crippen LogP contribution in [0.4, 0.5) is 10.1 Å². The van der Waals surface area contributed by atoms with Gasteiger partial charge in [0.05, 0.1) is 11.7 Å². The maximum atomic E-state index is 13.3. The molecule has 0 aliphatic carbocycles. The molecule has 0 spiro atoms. The Morgan fingerprint density at radius 1 is 1.17 bits per heavy atom. The molecule has 2 aromatic carbocycles. The normalized spacial score (nSPS) is 23.0. The first-order valence-electron chi connectivity index (χ1n) is 8.26. The molecule has 1 amide bonds. The van der Waals surface area contributed by atoms with Crippen molar-refractivity contribution in [2.75, 3.05) is 18.5 Å². The number of amides is 1. The molecule has 1 N–H and O–H groups in total. The molecular formula is C19H19FN2O2. The van der Waals surface area contributed by atoms with Gasteiger partial charge in [0.25, 0.3) is 5.91 Å². The summed E-state index contributed by atoms with van der Waals surface area (Å²) in [6.45, 7) is 1.28. The molecule has 2 aliphatic rings. The lowest BCUT2D eigenvalue weighted by molar-refractivity contribution is 0.0427. The van der Waals surface area contributed by atoms with E-state index in [0.29, 0.717) is 12.1 Å². The highest BCUT2D eigenvalue weighted by atomic mass is 19.1. The van der Waals surface area contributed by atoms with E-state index in [-0.39, 0.29) is 24.0 Å². The number of carbonyl (C=O) groups is 1. The van der Waals surface area contributed by atoms with Gasteiger partial charge in [-0.15, -0.1) is 0 Å².